The van der Waals surface area contributed by atoms with Gasteiger partial charge >= 0.3 is 6.03 Å². The molecule has 0 radical (unpaired) electrons. The van der Waals surface area contributed by atoms with Gasteiger partial charge in [-0.05, 0) is 59.2 Å². The number of fused-ring (bicyclic) bond motifs is 1. The third-order valence-electron chi connectivity index (χ3n) is 11.7. The molecule has 1 saturated carbocycles. The summed E-state index contributed by atoms with van der Waals surface area (Å²) < 4.78 is 0. The lowest BCUT2D eigenvalue weighted by atomic mass is 9.78. The fourth-order valence-electron chi connectivity index (χ4n) is 8.36. The fourth-order valence-corrected chi connectivity index (χ4v) is 8.36. The minimum Gasteiger partial charge on any atom is -0.333 e. The van der Waals surface area contributed by atoms with Crippen molar-refractivity contribution in [1.29, 1.82) is 0 Å². The molecule has 2 aliphatic heterocycles. The number of hydrogen-bond donors (Lipinski definition) is 2. The van der Waals surface area contributed by atoms with Gasteiger partial charge in [-0.25, -0.2) is 4.79 Å². The van der Waals surface area contributed by atoms with Gasteiger partial charge in [0.25, 0.3) is 0 Å². The van der Waals surface area contributed by atoms with E-state index >= 15 is 0 Å². The molecule has 3 fully saturated rings. The Morgan fingerprint density at radius 3 is 2.06 bits per heavy atom. The summed E-state index contributed by atoms with van der Waals surface area (Å²) in [7, 11) is 0. The number of carbonyl (C=O) groups is 7. The number of allylic oxidation sites excluding steroid dienone is 1. The first-order valence-corrected chi connectivity index (χ1v) is 19.3. The normalized spacial score (nSPS) is 24.5. The Kier molecular flexibility index (Phi) is 13.5. The van der Waals surface area contributed by atoms with E-state index in [-0.39, 0.29) is 73.0 Å². The summed E-state index contributed by atoms with van der Waals surface area (Å²) in [6, 6.07) is -3.01. The van der Waals surface area contributed by atoms with Crippen molar-refractivity contribution >= 4 is 41.1 Å². The average molecular weight is 727 g/mol. The maximum Gasteiger partial charge on any atom is 0.315 e. The maximum absolute atomic E-state index is 14.7. The van der Waals surface area contributed by atoms with E-state index in [9.17, 15) is 33.6 Å². The Labute approximate surface area is 311 Å². The first kappa shape index (κ1) is 43.0. The highest BCUT2D eigenvalue weighted by Gasteiger charge is 2.57. The van der Waals surface area contributed by atoms with Gasteiger partial charge in [0.15, 0.2) is 11.6 Å². The van der Waals surface area contributed by atoms with Crippen LogP contribution in [0.3, 0.4) is 0 Å². The number of nitrogens with zero attached hydrogens (tertiary/aromatic N) is 2. The maximum atomic E-state index is 14.7. The van der Waals surface area contributed by atoms with Gasteiger partial charge in [-0.2, -0.15) is 0 Å². The Morgan fingerprint density at radius 1 is 0.942 bits per heavy atom. The van der Waals surface area contributed by atoms with Gasteiger partial charge < -0.3 is 15.5 Å². The van der Waals surface area contributed by atoms with E-state index in [0.29, 0.717) is 25.8 Å². The molecule has 0 bridgehead atoms. The Balaban J connectivity index is 1.88. The fraction of sp³-hybridized carbons (Fsp3) is 0.780. The zero-order valence-electron chi connectivity index (χ0n) is 33.8. The van der Waals surface area contributed by atoms with Crippen LogP contribution in [0.2, 0.25) is 0 Å². The predicted molar refractivity (Wildman–Crippen MR) is 201 cm³/mol. The standard InChI is InChI=1S/C41H66N4O7/c1-13-15-17-28(46)34(50)25(16-14-2)20-29(47)33-26-18-19-41(11,12)27(26)23-45(33)36(51)35(39(6,7)8)43-37(52)42-30(38(3,4)5)24-44-31(48)21-40(9,10)22-32(44)49/h13,25-27,30,33,35H,1,14-24H2,2-12H3,(H2,42,43,52)/t25?,26-,27-,30+,33-,35+/m0/s1. The number of imide groups is 1. The highest BCUT2D eigenvalue weighted by atomic mass is 16.2. The first-order valence-electron chi connectivity index (χ1n) is 19.3. The summed E-state index contributed by atoms with van der Waals surface area (Å²) in [6.07, 6.45) is 5.08. The van der Waals surface area contributed by atoms with E-state index in [4.69, 9.17) is 0 Å². The first-order chi connectivity index (χ1) is 23.8. The Morgan fingerprint density at radius 2 is 1.54 bits per heavy atom. The highest BCUT2D eigenvalue weighted by molar-refractivity contribution is 6.38. The molecule has 0 aromatic rings. The van der Waals surface area contributed by atoms with Crippen LogP contribution >= 0.6 is 0 Å². The minimum absolute atomic E-state index is 0.00762. The van der Waals surface area contributed by atoms with Crippen molar-refractivity contribution in [3.8, 4) is 0 Å². The van der Waals surface area contributed by atoms with Crippen LogP contribution in [0.5, 0.6) is 0 Å². The second kappa shape index (κ2) is 16.3. The molecule has 11 heteroatoms. The molecular formula is C41H66N4O7. The summed E-state index contributed by atoms with van der Waals surface area (Å²) >= 11 is 0. The third kappa shape index (κ3) is 10.2. The van der Waals surface area contributed by atoms with E-state index in [1.54, 1.807) is 11.0 Å². The Hall–Kier alpha value is -3.37. The van der Waals surface area contributed by atoms with Gasteiger partial charge in [0, 0.05) is 44.7 Å². The largest absolute Gasteiger partial charge is 0.333 e. The molecule has 52 heavy (non-hydrogen) atoms. The van der Waals surface area contributed by atoms with E-state index in [1.807, 2.05) is 62.3 Å². The van der Waals surface area contributed by atoms with Gasteiger partial charge in [0.2, 0.25) is 23.5 Å². The number of urea groups is 1. The molecule has 1 aliphatic carbocycles. The molecule has 1 unspecified atom stereocenters. The number of rotatable bonds is 15. The number of amides is 5. The number of nitrogens with one attached hydrogen (secondary N) is 2. The van der Waals surface area contributed by atoms with Crippen LogP contribution in [0.1, 0.15) is 134 Å². The topological polar surface area (TPSA) is 150 Å². The van der Waals surface area contributed by atoms with Crippen molar-refractivity contribution in [3.63, 3.8) is 0 Å². The number of piperidine rings is 1. The molecule has 0 aromatic heterocycles. The lowest BCUT2D eigenvalue weighted by Crippen LogP contribution is -2.62. The van der Waals surface area contributed by atoms with E-state index in [1.165, 1.54) is 4.90 Å². The van der Waals surface area contributed by atoms with Crippen LogP contribution in [0.4, 0.5) is 4.79 Å². The second-order valence-corrected chi connectivity index (χ2v) is 19.3. The van der Waals surface area contributed by atoms with Crippen LogP contribution in [-0.2, 0) is 28.8 Å². The molecule has 6 atom stereocenters. The quantitative estimate of drug-likeness (QED) is 0.119. The summed E-state index contributed by atoms with van der Waals surface area (Å²) in [5.74, 6) is -2.96. The summed E-state index contributed by atoms with van der Waals surface area (Å²) in [6.45, 7) is 25.3. The monoisotopic (exact) mass is 726 g/mol. The zero-order chi connectivity index (χ0) is 39.6. The second-order valence-electron chi connectivity index (χ2n) is 19.3. The molecule has 0 aromatic carbocycles. The van der Waals surface area contributed by atoms with Crippen molar-refractivity contribution in [2.45, 2.75) is 152 Å². The molecule has 2 saturated heterocycles. The van der Waals surface area contributed by atoms with Crippen LogP contribution < -0.4 is 10.6 Å². The SMILES string of the molecule is C=CCCC(=O)C(=O)C(CCC)CC(=O)[C@@H]1[C@H]2CCC(C)(C)[C@H]2CN1C(=O)[C@@H](NC(=O)N[C@H](CN1C(=O)CC(C)(C)CC1=O)C(C)(C)C)C(C)(C)C. The molecular weight excluding hydrogens is 660 g/mol. The third-order valence-corrected chi connectivity index (χ3v) is 11.7. The molecule has 11 nitrogen and oxygen atoms in total. The summed E-state index contributed by atoms with van der Waals surface area (Å²) in [5, 5.41) is 5.89. The molecule has 0 spiro atoms. The van der Waals surface area contributed by atoms with Gasteiger partial charge in [-0.15, -0.1) is 6.58 Å². The molecule has 292 valence electrons. The van der Waals surface area contributed by atoms with Crippen molar-refractivity contribution in [2.75, 3.05) is 13.1 Å². The number of hydrogen-bond acceptors (Lipinski definition) is 7. The summed E-state index contributed by atoms with van der Waals surface area (Å²) in [5.41, 5.74) is -1.83. The minimum atomic E-state index is -1.02. The van der Waals surface area contributed by atoms with Gasteiger partial charge in [0.1, 0.15) is 6.04 Å². The Bertz CT molecular complexity index is 1400. The van der Waals surface area contributed by atoms with Crippen LogP contribution in [-0.4, -0.2) is 82.1 Å². The van der Waals surface area contributed by atoms with E-state index in [2.05, 4.69) is 31.1 Å². The van der Waals surface area contributed by atoms with Gasteiger partial charge in [-0.1, -0.05) is 88.7 Å². The van der Waals surface area contributed by atoms with Crippen LogP contribution in [0.25, 0.3) is 0 Å². The average Bonchev–Trinajstić information content (AvgIpc) is 3.54. The number of Topliss-reactive ketones (excluding diaryl/α,β-unsaturated/α-hetero) is 3. The molecule has 2 heterocycles. The van der Waals surface area contributed by atoms with E-state index in [0.717, 1.165) is 12.8 Å². The lowest BCUT2D eigenvalue weighted by molar-refractivity contribution is -0.153. The lowest BCUT2D eigenvalue weighted by Gasteiger charge is -2.40. The van der Waals surface area contributed by atoms with Gasteiger partial charge in [0.05, 0.1) is 12.1 Å². The highest BCUT2D eigenvalue weighted by Crippen LogP contribution is 2.53. The van der Waals surface area contributed by atoms with E-state index < -0.39 is 57.9 Å². The number of likely N-dealkylation sites (tertiary alicyclic amines) is 2. The summed E-state index contributed by atoms with van der Waals surface area (Å²) in [4.78, 5) is 97.7. The zero-order valence-corrected chi connectivity index (χ0v) is 33.8. The molecule has 3 aliphatic rings. The number of carbonyl (C=O) groups excluding carboxylic acids is 7. The van der Waals surface area contributed by atoms with Crippen LogP contribution in [0.15, 0.2) is 12.7 Å². The van der Waals surface area contributed by atoms with Crippen molar-refractivity contribution in [3.05, 3.63) is 12.7 Å². The van der Waals surface area contributed by atoms with Crippen molar-refractivity contribution in [2.24, 2.45) is 39.4 Å². The smallest absolute Gasteiger partial charge is 0.315 e. The molecule has 5 amide bonds. The van der Waals surface area contributed by atoms with Crippen LogP contribution in [0, 0.1) is 39.4 Å². The molecule has 3 rings (SSSR count). The van der Waals surface area contributed by atoms with Gasteiger partial charge in [-0.3, -0.25) is 33.7 Å². The molecule has 2 N–H and O–H groups in total. The van der Waals surface area contributed by atoms with Crippen molar-refractivity contribution < 1.29 is 33.6 Å². The number of ketones is 3. The predicted octanol–water partition coefficient (Wildman–Crippen LogP) is 6.03. The van der Waals surface area contributed by atoms with Crippen molar-refractivity contribution in [1.82, 2.24) is 20.4 Å².